The Balaban J connectivity index is 0.000000399. The van der Waals surface area contributed by atoms with Crippen molar-refractivity contribution in [3.63, 3.8) is 0 Å². The van der Waals surface area contributed by atoms with Gasteiger partial charge in [0.2, 0.25) is 0 Å². The molecule has 0 saturated carbocycles. The first-order valence-electron chi connectivity index (χ1n) is 4.72. The summed E-state index contributed by atoms with van der Waals surface area (Å²) in [5.41, 5.74) is -0.449. The monoisotopic (exact) mass is 321 g/mol. The van der Waals surface area contributed by atoms with Crippen LogP contribution in [0, 0.1) is 0 Å². The highest BCUT2D eigenvalue weighted by atomic mass is 35.5. The number of carboxylic acids is 1. The largest absolute Gasteiger partial charge is 0.490 e. The first-order valence-corrected chi connectivity index (χ1v) is 6.20. The van der Waals surface area contributed by atoms with Crippen molar-refractivity contribution in [2.24, 2.45) is 0 Å². The van der Waals surface area contributed by atoms with E-state index in [2.05, 4.69) is 0 Å². The maximum absolute atomic E-state index is 11.4. The van der Waals surface area contributed by atoms with Gasteiger partial charge in [0.25, 0.3) is 5.91 Å². The Morgan fingerprint density at radius 1 is 1.37 bits per heavy atom. The Kier molecular flexibility index (Phi) is 5.57. The summed E-state index contributed by atoms with van der Waals surface area (Å²) >= 11 is 5.56. The molecule has 0 radical (unpaired) electrons. The van der Waals surface area contributed by atoms with Crippen LogP contribution in [0.15, 0.2) is 10.4 Å². The molecule has 0 saturated heterocycles. The van der Waals surface area contributed by atoms with Gasteiger partial charge in [-0.05, 0) is 20.8 Å². The molecule has 1 aliphatic rings. The van der Waals surface area contributed by atoms with Crippen LogP contribution in [0.25, 0.3) is 0 Å². The molecule has 0 fully saturated rings. The van der Waals surface area contributed by atoms with Crippen LogP contribution in [0.1, 0.15) is 20.8 Å². The van der Waals surface area contributed by atoms with E-state index in [1.165, 1.54) is 10.4 Å². The summed E-state index contributed by atoms with van der Waals surface area (Å²) in [6.07, 6.45) is -3.89. The number of halogens is 4. The number of nitrogens with zero attached hydrogens (tertiary/aromatic N) is 1. The second-order valence-electron chi connectivity index (χ2n) is 4.30. The second kappa shape index (κ2) is 5.91. The third kappa shape index (κ3) is 5.19. The summed E-state index contributed by atoms with van der Waals surface area (Å²) < 4.78 is 44.5. The van der Waals surface area contributed by atoms with E-state index in [0.29, 0.717) is 0 Å². The third-order valence-electron chi connectivity index (χ3n) is 1.62. The van der Waals surface area contributed by atoms with Crippen molar-refractivity contribution in [3.8, 4) is 0 Å². The molecule has 1 unspecified atom stereocenters. The fraction of sp³-hybridized carbons (Fsp3) is 0.556. The number of amides is 1. The molecule has 110 valence electrons. The van der Waals surface area contributed by atoms with Crippen molar-refractivity contribution in [2.75, 3.05) is 0 Å². The van der Waals surface area contributed by atoms with Gasteiger partial charge in [-0.25, -0.2) is 13.3 Å². The lowest BCUT2D eigenvalue weighted by Gasteiger charge is -2.29. The van der Waals surface area contributed by atoms with Crippen molar-refractivity contribution in [1.29, 1.82) is 0 Å². The molecule has 0 aliphatic carbocycles. The lowest BCUT2D eigenvalue weighted by Crippen LogP contribution is -2.42. The van der Waals surface area contributed by atoms with Crippen molar-refractivity contribution < 1.29 is 32.1 Å². The number of carbonyl (C=O) groups is 2. The highest BCUT2D eigenvalue weighted by molar-refractivity contribution is 7.89. The van der Waals surface area contributed by atoms with E-state index in [4.69, 9.17) is 21.5 Å². The minimum atomic E-state index is -5.08. The topological polar surface area (TPSA) is 74.7 Å². The van der Waals surface area contributed by atoms with E-state index in [0.717, 1.165) is 0 Å². The van der Waals surface area contributed by atoms with Gasteiger partial charge >= 0.3 is 12.1 Å². The van der Waals surface area contributed by atoms with Crippen LogP contribution in [0.5, 0.6) is 0 Å². The summed E-state index contributed by atoms with van der Waals surface area (Å²) in [5.74, 6) is -3.04. The summed E-state index contributed by atoms with van der Waals surface area (Å²) in [6, 6.07) is 0. The van der Waals surface area contributed by atoms with Gasteiger partial charge in [0.05, 0.1) is 0 Å². The van der Waals surface area contributed by atoms with Crippen LogP contribution in [0.3, 0.4) is 0 Å². The van der Waals surface area contributed by atoms with Crippen LogP contribution < -0.4 is 0 Å². The normalized spacial score (nSPS) is 19.7. The highest BCUT2D eigenvalue weighted by Crippen LogP contribution is 2.27. The average Bonchev–Trinajstić information content (AvgIpc) is 2.38. The number of rotatable bonds is 0. The van der Waals surface area contributed by atoms with Gasteiger partial charge in [0.1, 0.15) is 4.36 Å². The van der Waals surface area contributed by atoms with Gasteiger partial charge in [0.15, 0.2) is 11.0 Å². The zero-order valence-corrected chi connectivity index (χ0v) is 11.7. The molecule has 5 nitrogen and oxygen atoms in total. The Hall–Kier alpha value is -1.09. The van der Waals surface area contributed by atoms with E-state index in [-0.39, 0.29) is 10.3 Å². The molecule has 1 rings (SSSR count). The van der Waals surface area contributed by atoms with E-state index in [9.17, 15) is 22.2 Å². The number of hydrogen-bond donors (Lipinski definition) is 1. The molecule has 0 aromatic rings. The maximum atomic E-state index is 11.4. The quantitative estimate of drug-likeness (QED) is 0.740. The first-order chi connectivity index (χ1) is 8.28. The van der Waals surface area contributed by atoms with Crippen LogP contribution in [0.2, 0.25) is 0 Å². The van der Waals surface area contributed by atoms with Gasteiger partial charge in [-0.15, -0.1) is 0 Å². The molecular formula is C9H11ClF3NO4S. The molecule has 10 heteroatoms. The van der Waals surface area contributed by atoms with Crippen molar-refractivity contribution in [3.05, 3.63) is 10.4 Å². The van der Waals surface area contributed by atoms with Crippen LogP contribution in [-0.2, 0) is 20.6 Å². The lowest BCUT2D eigenvalue weighted by atomic mass is 10.1. The summed E-state index contributed by atoms with van der Waals surface area (Å²) in [7, 11) is -1.49. The molecule has 1 atom stereocenters. The fourth-order valence-electron chi connectivity index (χ4n) is 0.954. The predicted octanol–water partition coefficient (Wildman–Crippen LogP) is 2.00. The predicted molar refractivity (Wildman–Crippen MR) is 62.4 cm³/mol. The Labute approximate surface area is 114 Å². The van der Waals surface area contributed by atoms with E-state index in [1.54, 1.807) is 0 Å². The van der Waals surface area contributed by atoms with Gasteiger partial charge < -0.3 is 5.11 Å². The molecule has 0 spiro atoms. The zero-order valence-electron chi connectivity index (χ0n) is 10.1. The summed E-state index contributed by atoms with van der Waals surface area (Å²) in [5, 5.41) is 7.12. The molecule has 1 aliphatic heterocycles. The van der Waals surface area contributed by atoms with Gasteiger partial charge in [-0.3, -0.25) is 4.79 Å². The molecule has 0 bridgehead atoms. The maximum Gasteiger partial charge on any atom is 0.490 e. The van der Waals surface area contributed by atoms with E-state index in [1.807, 2.05) is 20.8 Å². The van der Waals surface area contributed by atoms with Gasteiger partial charge in [-0.1, -0.05) is 11.6 Å². The molecule has 1 amide bonds. The SMILES string of the molecule is CC(C)(C)N1C(=O)C=C(Cl)S1=O.O=C(O)C(F)(F)F. The fourth-order valence-corrected chi connectivity index (χ4v) is 2.34. The standard InChI is InChI=1S/C7H10ClNO2S.C2HF3O2/c1-7(2,3)9-6(10)4-5(8)12(9)11;3-2(4,5)1(6)7/h4H,1-3H3;(H,6,7). The second-order valence-corrected chi connectivity index (χ2v) is 6.24. The number of carbonyl (C=O) groups excluding carboxylic acids is 1. The molecule has 1 N–H and O–H groups in total. The lowest BCUT2D eigenvalue weighted by molar-refractivity contribution is -0.192. The minimum Gasteiger partial charge on any atom is -0.475 e. The zero-order chi connectivity index (χ0) is 15.6. The number of alkyl halides is 3. The van der Waals surface area contributed by atoms with Crippen molar-refractivity contribution in [2.45, 2.75) is 32.5 Å². The average molecular weight is 322 g/mol. The molecule has 0 aromatic heterocycles. The third-order valence-corrected chi connectivity index (χ3v) is 3.64. The molecule has 0 aromatic carbocycles. The molecule has 1 heterocycles. The summed E-state index contributed by atoms with van der Waals surface area (Å²) in [6.45, 7) is 5.43. The highest BCUT2D eigenvalue weighted by Gasteiger charge is 2.38. The Morgan fingerprint density at radius 2 is 1.74 bits per heavy atom. The summed E-state index contributed by atoms with van der Waals surface area (Å²) in [4.78, 5) is 20.1. The van der Waals surface area contributed by atoms with Crippen molar-refractivity contribution >= 4 is 34.5 Å². The van der Waals surface area contributed by atoms with Gasteiger partial charge in [0, 0.05) is 11.6 Å². The molecule has 19 heavy (non-hydrogen) atoms. The number of carboxylic acid groups (broad SMARTS) is 1. The van der Waals surface area contributed by atoms with E-state index >= 15 is 0 Å². The smallest absolute Gasteiger partial charge is 0.475 e. The van der Waals surface area contributed by atoms with E-state index < -0.39 is 28.7 Å². The number of hydrogen-bond acceptors (Lipinski definition) is 3. The van der Waals surface area contributed by atoms with Crippen molar-refractivity contribution in [1.82, 2.24) is 4.31 Å². The number of aliphatic carboxylic acids is 1. The minimum absolute atomic E-state index is 0.106. The van der Waals surface area contributed by atoms with Gasteiger partial charge in [-0.2, -0.15) is 13.2 Å². The van der Waals surface area contributed by atoms with Crippen LogP contribution in [0.4, 0.5) is 13.2 Å². The first kappa shape index (κ1) is 17.9. The van der Waals surface area contributed by atoms with Crippen LogP contribution in [-0.4, -0.2) is 37.2 Å². The van der Waals surface area contributed by atoms with Crippen LogP contribution >= 0.6 is 11.6 Å². The Morgan fingerprint density at radius 3 is 1.84 bits per heavy atom. The Bertz CT molecular complexity index is 442. The molecular weight excluding hydrogens is 311 g/mol.